The van der Waals surface area contributed by atoms with E-state index in [1.54, 1.807) is 18.4 Å². The molecule has 4 heteroatoms. The van der Waals surface area contributed by atoms with E-state index in [1.807, 2.05) is 16.8 Å². The molecule has 0 fully saturated rings. The lowest BCUT2D eigenvalue weighted by Crippen LogP contribution is -2.25. The number of nitrogens with one attached hydrogen (secondary N) is 1. The minimum absolute atomic E-state index is 0.254. The van der Waals surface area contributed by atoms with Crippen LogP contribution in [0.25, 0.3) is 0 Å². The van der Waals surface area contributed by atoms with Gasteiger partial charge in [-0.05, 0) is 29.4 Å². The first kappa shape index (κ1) is 9.22. The molecule has 0 saturated heterocycles. The molecule has 3 nitrogen and oxygen atoms in total. The zero-order chi connectivity index (χ0) is 8.97. The second-order valence-corrected chi connectivity index (χ2v) is 3.08. The van der Waals surface area contributed by atoms with Crippen molar-refractivity contribution in [2.75, 3.05) is 14.2 Å². The number of likely N-dealkylation sites (N-methyl/N-ethyl adjacent to an activating group) is 1. The van der Waals surface area contributed by atoms with E-state index in [-0.39, 0.29) is 12.0 Å². The van der Waals surface area contributed by atoms with Gasteiger partial charge in [0.15, 0.2) is 0 Å². The van der Waals surface area contributed by atoms with E-state index in [9.17, 15) is 4.79 Å². The van der Waals surface area contributed by atoms with Crippen LogP contribution in [0.15, 0.2) is 16.8 Å². The molecule has 0 amide bonds. The van der Waals surface area contributed by atoms with Crippen LogP contribution in [0.5, 0.6) is 0 Å². The van der Waals surface area contributed by atoms with Crippen LogP contribution in [0.3, 0.4) is 0 Å². The molecule has 0 aliphatic heterocycles. The summed E-state index contributed by atoms with van der Waals surface area (Å²) in [5.41, 5.74) is 0.953. The van der Waals surface area contributed by atoms with Crippen molar-refractivity contribution < 1.29 is 9.53 Å². The van der Waals surface area contributed by atoms with E-state index in [1.165, 1.54) is 7.11 Å². The van der Waals surface area contributed by atoms with E-state index in [0.717, 1.165) is 5.56 Å². The monoisotopic (exact) mass is 185 g/mol. The van der Waals surface area contributed by atoms with Crippen LogP contribution in [0.1, 0.15) is 11.6 Å². The van der Waals surface area contributed by atoms with Gasteiger partial charge in [-0.15, -0.1) is 0 Å². The average molecular weight is 185 g/mol. The summed E-state index contributed by atoms with van der Waals surface area (Å²) in [7, 11) is 3.12. The first-order valence-corrected chi connectivity index (χ1v) is 4.51. The third-order valence-electron chi connectivity index (χ3n) is 1.60. The van der Waals surface area contributed by atoms with Crippen molar-refractivity contribution >= 4 is 17.3 Å². The molecule has 0 aliphatic rings. The minimum Gasteiger partial charge on any atom is -0.468 e. The minimum atomic E-state index is -0.332. The predicted molar refractivity (Wildman–Crippen MR) is 48.1 cm³/mol. The van der Waals surface area contributed by atoms with Gasteiger partial charge in [0.25, 0.3) is 0 Å². The highest BCUT2D eigenvalue weighted by Crippen LogP contribution is 2.16. The van der Waals surface area contributed by atoms with Crippen LogP contribution in [0, 0.1) is 0 Å². The first-order valence-electron chi connectivity index (χ1n) is 3.56. The summed E-state index contributed by atoms with van der Waals surface area (Å²) in [6.45, 7) is 0. The van der Waals surface area contributed by atoms with Crippen molar-refractivity contribution in [1.82, 2.24) is 5.32 Å². The number of thiophene rings is 1. The number of ether oxygens (including phenoxy) is 1. The van der Waals surface area contributed by atoms with Crippen molar-refractivity contribution in [2.24, 2.45) is 0 Å². The van der Waals surface area contributed by atoms with Crippen LogP contribution in [-0.2, 0) is 9.53 Å². The SMILES string of the molecule is CNC(C(=O)OC)c1ccsc1. The zero-order valence-electron chi connectivity index (χ0n) is 7.03. The van der Waals surface area contributed by atoms with E-state index in [4.69, 9.17) is 0 Å². The fourth-order valence-corrected chi connectivity index (χ4v) is 1.66. The lowest BCUT2D eigenvalue weighted by Gasteiger charge is -2.11. The van der Waals surface area contributed by atoms with Crippen molar-refractivity contribution in [3.05, 3.63) is 22.4 Å². The Hall–Kier alpha value is -0.870. The summed E-state index contributed by atoms with van der Waals surface area (Å²) >= 11 is 1.56. The Morgan fingerprint density at radius 3 is 2.92 bits per heavy atom. The van der Waals surface area contributed by atoms with Gasteiger partial charge in [-0.2, -0.15) is 11.3 Å². The van der Waals surface area contributed by atoms with E-state index in [2.05, 4.69) is 10.1 Å². The van der Waals surface area contributed by atoms with Crippen molar-refractivity contribution in [3.63, 3.8) is 0 Å². The zero-order valence-corrected chi connectivity index (χ0v) is 7.85. The molecule has 66 valence electrons. The summed E-state index contributed by atoms with van der Waals surface area (Å²) in [6.07, 6.45) is 0. The van der Waals surface area contributed by atoms with Gasteiger partial charge in [0.05, 0.1) is 7.11 Å². The maximum Gasteiger partial charge on any atom is 0.327 e. The van der Waals surface area contributed by atoms with Gasteiger partial charge in [0.1, 0.15) is 6.04 Å². The summed E-state index contributed by atoms with van der Waals surface area (Å²) in [5, 5.41) is 6.75. The van der Waals surface area contributed by atoms with E-state index < -0.39 is 0 Å². The van der Waals surface area contributed by atoms with Gasteiger partial charge < -0.3 is 10.1 Å². The topological polar surface area (TPSA) is 38.3 Å². The summed E-state index contributed by atoms with van der Waals surface area (Å²) in [4.78, 5) is 11.2. The van der Waals surface area contributed by atoms with Gasteiger partial charge in [0.2, 0.25) is 0 Å². The van der Waals surface area contributed by atoms with Crippen LogP contribution in [0.4, 0.5) is 0 Å². The van der Waals surface area contributed by atoms with Crippen molar-refractivity contribution in [3.8, 4) is 0 Å². The molecule has 0 spiro atoms. The highest BCUT2D eigenvalue weighted by molar-refractivity contribution is 7.08. The van der Waals surface area contributed by atoms with Gasteiger partial charge in [-0.3, -0.25) is 0 Å². The fourth-order valence-electron chi connectivity index (χ4n) is 0.978. The lowest BCUT2D eigenvalue weighted by molar-refractivity contribution is -0.143. The molecule has 1 aromatic rings. The number of hydrogen-bond acceptors (Lipinski definition) is 4. The second kappa shape index (κ2) is 4.23. The molecule has 1 atom stereocenters. The van der Waals surface area contributed by atoms with Crippen molar-refractivity contribution in [1.29, 1.82) is 0 Å². The molecule has 1 unspecified atom stereocenters. The van der Waals surface area contributed by atoms with Gasteiger partial charge >= 0.3 is 5.97 Å². The van der Waals surface area contributed by atoms with Crippen LogP contribution in [-0.4, -0.2) is 20.1 Å². The number of hydrogen-bond donors (Lipinski definition) is 1. The third-order valence-corrected chi connectivity index (χ3v) is 2.30. The normalized spacial score (nSPS) is 12.5. The smallest absolute Gasteiger partial charge is 0.327 e. The second-order valence-electron chi connectivity index (χ2n) is 2.30. The van der Waals surface area contributed by atoms with Crippen LogP contribution in [0.2, 0.25) is 0 Å². The van der Waals surface area contributed by atoms with Crippen LogP contribution >= 0.6 is 11.3 Å². The third kappa shape index (κ3) is 1.84. The summed E-state index contributed by atoms with van der Waals surface area (Å²) < 4.78 is 4.63. The average Bonchev–Trinajstić information content (AvgIpc) is 2.58. The molecular weight excluding hydrogens is 174 g/mol. The largest absolute Gasteiger partial charge is 0.468 e. The van der Waals surface area contributed by atoms with E-state index in [0.29, 0.717) is 0 Å². The Morgan fingerprint density at radius 1 is 1.75 bits per heavy atom. The molecular formula is C8H11NO2S. The molecule has 0 aromatic carbocycles. The number of carbonyl (C=O) groups is 1. The van der Waals surface area contributed by atoms with Gasteiger partial charge in [0, 0.05) is 0 Å². The van der Waals surface area contributed by atoms with Gasteiger partial charge in [-0.1, -0.05) is 0 Å². The molecule has 0 aliphatic carbocycles. The maximum absolute atomic E-state index is 11.2. The number of rotatable bonds is 3. The summed E-state index contributed by atoms with van der Waals surface area (Å²) in [6, 6.07) is 1.57. The molecule has 1 heterocycles. The number of methoxy groups -OCH3 is 1. The summed E-state index contributed by atoms with van der Waals surface area (Å²) in [5.74, 6) is -0.254. The number of carbonyl (C=O) groups excluding carboxylic acids is 1. The van der Waals surface area contributed by atoms with Crippen molar-refractivity contribution in [2.45, 2.75) is 6.04 Å². The highest BCUT2D eigenvalue weighted by atomic mass is 32.1. The first-order chi connectivity index (χ1) is 5.79. The Balaban J connectivity index is 2.76. The maximum atomic E-state index is 11.2. The molecule has 1 rings (SSSR count). The molecule has 12 heavy (non-hydrogen) atoms. The lowest BCUT2D eigenvalue weighted by atomic mass is 10.1. The predicted octanol–water partition coefficient (Wildman–Crippen LogP) is 1.18. The Morgan fingerprint density at radius 2 is 2.50 bits per heavy atom. The molecule has 1 N–H and O–H groups in total. The van der Waals surface area contributed by atoms with E-state index >= 15 is 0 Å². The standard InChI is InChI=1S/C8H11NO2S/c1-9-7(8(10)11-2)6-3-4-12-5-6/h3-5,7,9H,1-2H3. The molecule has 0 radical (unpaired) electrons. The number of esters is 1. The fraction of sp³-hybridized carbons (Fsp3) is 0.375. The van der Waals surface area contributed by atoms with Gasteiger partial charge in [-0.25, -0.2) is 4.79 Å². The molecule has 0 bridgehead atoms. The Kier molecular flexibility index (Phi) is 3.25. The highest BCUT2D eigenvalue weighted by Gasteiger charge is 2.18. The molecule has 0 saturated carbocycles. The molecule has 1 aromatic heterocycles. The Labute approximate surface area is 75.4 Å². The Bertz CT molecular complexity index is 246. The van der Waals surface area contributed by atoms with Crippen LogP contribution < -0.4 is 5.32 Å². The quantitative estimate of drug-likeness (QED) is 0.719.